The number of halogens is 3. The molecule has 0 aliphatic rings. The zero-order valence-corrected chi connectivity index (χ0v) is 8.84. The molecule has 0 N–H and O–H groups in total. The molecule has 7 heteroatoms. The molecule has 0 aliphatic carbocycles. The number of aromatic nitrogens is 2. The summed E-state index contributed by atoms with van der Waals surface area (Å²) in [4.78, 5) is 11.1. The molecule has 0 fully saturated rings. The molecule has 0 aromatic carbocycles. The molecule has 90 valence electrons. The van der Waals surface area contributed by atoms with Crippen LogP contribution in [0.1, 0.15) is 18.3 Å². The smallest absolute Gasteiger partial charge is 0.435 e. The lowest BCUT2D eigenvalue weighted by atomic mass is 10.4. The molecule has 0 radical (unpaired) electrons. The Hall–Kier alpha value is -1.53. The third kappa shape index (κ3) is 2.98. The van der Waals surface area contributed by atoms with E-state index < -0.39 is 17.8 Å². The van der Waals surface area contributed by atoms with Crippen LogP contribution in [0.5, 0.6) is 0 Å². The topological polar surface area (TPSA) is 44.1 Å². The predicted octanol–water partition coefficient (Wildman–Crippen LogP) is 1.77. The highest BCUT2D eigenvalue weighted by molar-refractivity contribution is 5.69. The largest absolute Gasteiger partial charge is 0.465 e. The fourth-order valence-corrected chi connectivity index (χ4v) is 1.14. The Morgan fingerprint density at radius 3 is 2.62 bits per heavy atom. The van der Waals surface area contributed by atoms with Gasteiger partial charge in [0.15, 0.2) is 5.69 Å². The van der Waals surface area contributed by atoms with Crippen LogP contribution in [0.4, 0.5) is 13.2 Å². The van der Waals surface area contributed by atoms with E-state index in [0.29, 0.717) is 0 Å². The summed E-state index contributed by atoms with van der Waals surface area (Å²) in [5.41, 5.74) is -0.741. The number of alkyl halides is 3. The van der Waals surface area contributed by atoms with Gasteiger partial charge in [0.25, 0.3) is 0 Å². The van der Waals surface area contributed by atoms with Crippen LogP contribution in [0.2, 0.25) is 0 Å². The second-order valence-corrected chi connectivity index (χ2v) is 3.13. The number of ether oxygens (including phenoxy) is 1. The van der Waals surface area contributed by atoms with Gasteiger partial charge in [0.2, 0.25) is 0 Å². The fraction of sp³-hybridized carbons (Fsp3) is 0.556. The van der Waals surface area contributed by atoms with Crippen molar-refractivity contribution in [2.75, 3.05) is 6.61 Å². The summed E-state index contributed by atoms with van der Waals surface area (Å²) in [5.74, 6) is -0.609. The van der Waals surface area contributed by atoms with Crippen molar-refractivity contribution in [3.05, 3.63) is 17.5 Å². The van der Waals surface area contributed by atoms with Gasteiger partial charge in [-0.25, -0.2) is 0 Å². The number of carbonyl (C=O) groups excluding carboxylic acids is 1. The van der Waals surface area contributed by atoms with E-state index in [1.165, 1.54) is 6.92 Å². The maximum absolute atomic E-state index is 12.3. The number of hydrogen-bond donors (Lipinski definition) is 0. The summed E-state index contributed by atoms with van der Waals surface area (Å²) in [7, 11) is 0. The number of nitrogens with zero attached hydrogens (tertiary/aromatic N) is 2. The lowest BCUT2D eigenvalue weighted by Crippen LogP contribution is -2.16. The zero-order valence-electron chi connectivity index (χ0n) is 8.84. The van der Waals surface area contributed by atoms with E-state index in [4.69, 9.17) is 0 Å². The number of carbonyl (C=O) groups is 1. The molecule has 1 rings (SSSR count). The van der Waals surface area contributed by atoms with Gasteiger partial charge in [-0.15, -0.1) is 0 Å². The maximum atomic E-state index is 12.3. The first-order chi connectivity index (χ1) is 7.34. The molecule has 0 atom stereocenters. The summed E-state index contributed by atoms with van der Waals surface area (Å²) < 4.78 is 42.4. The van der Waals surface area contributed by atoms with Crippen molar-refractivity contribution >= 4 is 5.97 Å². The van der Waals surface area contributed by atoms with Crippen molar-refractivity contribution in [3.8, 4) is 0 Å². The minimum atomic E-state index is -4.50. The fourth-order valence-electron chi connectivity index (χ4n) is 1.14. The Morgan fingerprint density at radius 1 is 1.56 bits per heavy atom. The summed E-state index contributed by atoms with van der Waals surface area (Å²) in [5, 5.41) is 3.29. The third-order valence-corrected chi connectivity index (χ3v) is 1.86. The summed E-state index contributed by atoms with van der Waals surface area (Å²) in [6.45, 7) is 2.94. The van der Waals surface area contributed by atoms with Crippen LogP contribution in [-0.2, 0) is 22.3 Å². The first-order valence-corrected chi connectivity index (χ1v) is 4.62. The van der Waals surface area contributed by atoms with E-state index >= 15 is 0 Å². The van der Waals surface area contributed by atoms with Crippen LogP contribution >= 0.6 is 0 Å². The number of rotatable bonds is 3. The molecule has 0 saturated carbocycles. The lowest BCUT2D eigenvalue weighted by molar-refractivity contribution is -0.146. The van der Waals surface area contributed by atoms with E-state index in [2.05, 4.69) is 9.84 Å². The molecule has 1 aromatic rings. The molecule has 16 heavy (non-hydrogen) atoms. The molecule has 0 aliphatic heterocycles. The van der Waals surface area contributed by atoms with E-state index in [-0.39, 0.29) is 18.8 Å². The van der Waals surface area contributed by atoms with Gasteiger partial charge in [-0.3, -0.25) is 9.48 Å². The summed E-state index contributed by atoms with van der Waals surface area (Å²) in [6.07, 6.45) is -4.50. The average Bonchev–Trinajstić information content (AvgIpc) is 2.47. The van der Waals surface area contributed by atoms with Crippen LogP contribution in [0, 0.1) is 6.92 Å². The minimum Gasteiger partial charge on any atom is -0.465 e. The van der Waals surface area contributed by atoms with Gasteiger partial charge >= 0.3 is 12.1 Å². The van der Waals surface area contributed by atoms with Crippen molar-refractivity contribution in [3.63, 3.8) is 0 Å². The van der Waals surface area contributed by atoms with Gasteiger partial charge in [-0.2, -0.15) is 18.3 Å². The van der Waals surface area contributed by atoms with Crippen molar-refractivity contribution in [1.29, 1.82) is 0 Å². The van der Waals surface area contributed by atoms with Crippen molar-refractivity contribution in [2.24, 2.45) is 0 Å². The first-order valence-electron chi connectivity index (χ1n) is 4.62. The summed E-state index contributed by atoms with van der Waals surface area (Å²) in [6, 6.07) is 0.888. The Morgan fingerprint density at radius 2 is 2.19 bits per heavy atom. The van der Waals surface area contributed by atoms with Crippen LogP contribution in [0.25, 0.3) is 0 Å². The maximum Gasteiger partial charge on any atom is 0.435 e. The Balaban J connectivity index is 2.82. The second-order valence-electron chi connectivity index (χ2n) is 3.13. The lowest BCUT2D eigenvalue weighted by Gasteiger charge is -2.04. The molecular weight excluding hydrogens is 225 g/mol. The van der Waals surface area contributed by atoms with Gasteiger partial charge in [0.05, 0.1) is 6.61 Å². The molecule has 1 heterocycles. The molecule has 1 aromatic heterocycles. The summed E-state index contributed by atoms with van der Waals surface area (Å²) >= 11 is 0. The molecule has 0 unspecified atom stereocenters. The normalized spacial score (nSPS) is 11.6. The third-order valence-electron chi connectivity index (χ3n) is 1.86. The predicted molar refractivity (Wildman–Crippen MR) is 48.6 cm³/mol. The zero-order chi connectivity index (χ0) is 12.3. The van der Waals surface area contributed by atoms with Gasteiger partial charge in [-0.05, 0) is 19.9 Å². The Kier molecular flexibility index (Phi) is 3.56. The quantitative estimate of drug-likeness (QED) is 0.751. The SMILES string of the molecule is CCOC(=O)Cn1nc(C(F)(F)F)cc1C. The highest BCUT2D eigenvalue weighted by Gasteiger charge is 2.34. The van der Waals surface area contributed by atoms with Crippen LogP contribution in [0.3, 0.4) is 0 Å². The van der Waals surface area contributed by atoms with Crippen molar-refractivity contribution in [2.45, 2.75) is 26.6 Å². The van der Waals surface area contributed by atoms with Crippen LogP contribution in [-0.4, -0.2) is 22.4 Å². The minimum absolute atomic E-state index is 0.186. The molecule has 0 spiro atoms. The molecular formula is C9H11F3N2O2. The van der Waals surface area contributed by atoms with E-state index in [9.17, 15) is 18.0 Å². The van der Waals surface area contributed by atoms with Crippen LogP contribution < -0.4 is 0 Å². The monoisotopic (exact) mass is 236 g/mol. The van der Waals surface area contributed by atoms with Crippen molar-refractivity contribution < 1.29 is 22.7 Å². The highest BCUT2D eigenvalue weighted by Crippen LogP contribution is 2.28. The number of esters is 1. The van der Waals surface area contributed by atoms with E-state index in [1.54, 1.807) is 6.92 Å². The van der Waals surface area contributed by atoms with Gasteiger partial charge in [0, 0.05) is 5.69 Å². The van der Waals surface area contributed by atoms with E-state index in [0.717, 1.165) is 10.7 Å². The van der Waals surface area contributed by atoms with Gasteiger partial charge < -0.3 is 4.74 Å². The number of hydrogen-bond acceptors (Lipinski definition) is 3. The van der Waals surface area contributed by atoms with Crippen LogP contribution in [0.15, 0.2) is 6.07 Å². The first kappa shape index (κ1) is 12.5. The Labute approximate surface area is 90.0 Å². The number of aryl methyl sites for hydroxylation is 1. The molecule has 0 bridgehead atoms. The molecule has 4 nitrogen and oxygen atoms in total. The van der Waals surface area contributed by atoms with E-state index in [1.807, 2.05) is 0 Å². The second kappa shape index (κ2) is 4.54. The Bertz CT molecular complexity index is 385. The standard InChI is InChI=1S/C9H11F3N2O2/c1-3-16-8(15)5-14-6(2)4-7(13-14)9(10,11)12/h4H,3,5H2,1-2H3. The van der Waals surface area contributed by atoms with Gasteiger partial charge in [-0.1, -0.05) is 0 Å². The molecule has 0 saturated heterocycles. The average molecular weight is 236 g/mol. The molecule has 0 amide bonds. The van der Waals surface area contributed by atoms with Crippen molar-refractivity contribution in [1.82, 2.24) is 9.78 Å². The van der Waals surface area contributed by atoms with Gasteiger partial charge in [0.1, 0.15) is 6.54 Å². The highest BCUT2D eigenvalue weighted by atomic mass is 19.4.